The molecule has 0 saturated carbocycles. The Morgan fingerprint density at radius 1 is 1.46 bits per heavy atom. The predicted molar refractivity (Wildman–Crippen MR) is 56.0 cm³/mol. The molecule has 0 bridgehead atoms. The third-order valence-corrected chi connectivity index (χ3v) is 3.21. The molecule has 1 aliphatic rings. The van der Waals surface area contributed by atoms with Gasteiger partial charge in [-0.25, -0.2) is 0 Å². The highest BCUT2D eigenvalue weighted by molar-refractivity contribution is 6.31. The van der Waals surface area contributed by atoms with E-state index in [4.69, 9.17) is 17.3 Å². The van der Waals surface area contributed by atoms with Crippen LogP contribution in [0.25, 0.3) is 0 Å². The molecule has 0 radical (unpaired) electrons. The van der Waals surface area contributed by atoms with Gasteiger partial charge in [-0.1, -0.05) is 23.7 Å². The zero-order valence-corrected chi connectivity index (χ0v) is 8.35. The van der Waals surface area contributed by atoms with Crippen molar-refractivity contribution in [1.29, 1.82) is 0 Å². The van der Waals surface area contributed by atoms with Crippen LogP contribution in [-0.4, -0.2) is 6.54 Å². The normalized spacial score (nSPS) is 21.2. The van der Waals surface area contributed by atoms with Crippen LogP contribution in [0.3, 0.4) is 0 Å². The molecular weight excluding hydrogens is 182 g/mol. The summed E-state index contributed by atoms with van der Waals surface area (Å²) in [7, 11) is 0. The summed E-state index contributed by atoms with van der Waals surface area (Å²) >= 11 is 6.10. The Hall–Kier alpha value is -0.530. The van der Waals surface area contributed by atoms with E-state index in [9.17, 15) is 0 Å². The highest BCUT2D eigenvalue weighted by Crippen LogP contribution is 2.29. The molecule has 0 heterocycles. The maximum absolute atomic E-state index is 6.10. The molecule has 2 heteroatoms. The summed E-state index contributed by atoms with van der Waals surface area (Å²) in [4.78, 5) is 0. The van der Waals surface area contributed by atoms with Gasteiger partial charge in [0.1, 0.15) is 0 Å². The van der Waals surface area contributed by atoms with Crippen molar-refractivity contribution in [2.24, 2.45) is 11.7 Å². The molecule has 1 atom stereocenters. The first-order chi connectivity index (χ1) is 6.31. The van der Waals surface area contributed by atoms with Crippen molar-refractivity contribution >= 4 is 11.6 Å². The van der Waals surface area contributed by atoms with Gasteiger partial charge in [0.25, 0.3) is 0 Å². The Bertz CT molecular complexity index is 309. The van der Waals surface area contributed by atoms with Crippen LogP contribution in [-0.2, 0) is 12.8 Å². The molecule has 0 aromatic heterocycles. The van der Waals surface area contributed by atoms with Crippen LogP contribution < -0.4 is 5.73 Å². The van der Waals surface area contributed by atoms with E-state index >= 15 is 0 Å². The number of nitrogens with two attached hydrogens (primary N) is 1. The van der Waals surface area contributed by atoms with Crippen LogP contribution >= 0.6 is 11.6 Å². The minimum absolute atomic E-state index is 0.658. The summed E-state index contributed by atoms with van der Waals surface area (Å²) in [6.45, 7) is 0.798. The number of fused-ring (bicyclic) bond motifs is 1. The van der Waals surface area contributed by atoms with Crippen LogP contribution in [0.5, 0.6) is 0 Å². The fourth-order valence-corrected chi connectivity index (χ4v) is 2.33. The molecule has 1 unspecified atom stereocenters. The Morgan fingerprint density at radius 2 is 2.31 bits per heavy atom. The van der Waals surface area contributed by atoms with Gasteiger partial charge >= 0.3 is 0 Å². The van der Waals surface area contributed by atoms with Gasteiger partial charge < -0.3 is 5.73 Å². The summed E-state index contributed by atoms with van der Waals surface area (Å²) in [6.07, 6.45) is 3.39. The SMILES string of the molecule is NCC1CCc2c(Cl)cccc2C1. The van der Waals surface area contributed by atoms with Crippen molar-refractivity contribution in [1.82, 2.24) is 0 Å². The van der Waals surface area contributed by atoms with Gasteiger partial charge in [-0.05, 0) is 48.9 Å². The molecule has 1 aromatic carbocycles. The second kappa shape index (κ2) is 3.69. The van der Waals surface area contributed by atoms with Crippen LogP contribution in [0.1, 0.15) is 17.5 Å². The molecule has 0 aliphatic heterocycles. The van der Waals surface area contributed by atoms with Gasteiger partial charge in [0.15, 0.2) is 0 Å². The molecule has 1 nitrogen and oxygen atoms in total. The fourth-order valence-electron chi connectivity index (χ4n) is 2.04. The van der Waals surface area contributed by atoms with E-state index in [0.29, 0.717) is 5.92 Å². The zero-order valence-electron chi connectivity index (χ0n) is 7.59. The third kappa shape index (κ3) is 1.72. The average molecular weight is 196 g/mol. The van der Waals surface area contributed by atoms with E-state index in [-0.39, 0.29) is 0 Å². The first-order valence-electron chi connectivity index (χ1n) is 4.77. The maximum Gasteiger partial charge on any atom is 0.0440 e. The summed E-state index contributed by atoms with van der Waals surface area (Å²) in [6, 6.07) is 6.17. The molecule has 2 N–H and O–H groups in total. The molecule has 1 aliphatic carbocycles. The highest BCUT2D eigenvalue weighted by atomic mass is 35.5. The van der Waals surface area contributed by atoms with Crippen molar-refractivity contribution in [2.45, 2.75) is 19.3 Å². The Morgan fingerprint density at radius 3 is 3.08 bits per heavy atom. The molecule has 1 aromatic rings. The van der Waals surface area contributed by atoms with E-state index in [1.165, 1.54) is 17.5 Å². The summed E-state index contributed by atoms with van der Waals surface area (Å²) in [5, 5.41) is 0.924. The lowest BCUT2D eigenvalue weighted by atomic mass is 9.84. The molecule has 0 fully saturated rings. The molecule has 0 saturated heterocycles. The Kier molecular flexibility index (Phi) is 2.56. The van der Waals surface area contributed by atoms with Gasteiger partial charge in [-0.15, -0.1) is 0 Å². The van der Waals surface area contributed by atoms with E-state index in [2.05, 4.69) is 6.07 Å². The molecule has 2 rings (SSSR count). The first kappa shape index (κ1) is 9.04. The lowest BCUT2D eigenvalue weighted by Crippen LogP contribution is -2.22. The van der Waals surface area contributed by atoms with Gasteiger partial charge in [0, 0.05) is 5.02 Å². The molecular formula is C11H14ClN. The molecule has 13 heavy (non-hydrogen) atoms. The van der Waals surface area contributed by atoms with Gasteiger partial charge in [0.05, 0.1) is 0 Å². The largest absolute Gasteiger partial charge is 0.330 e. The lowest BCUT2D eigenvalue weighted by Gasteiger charge is -2.23. The van der Waals surface area contributed by atoms with Crippen LogP contribution in [0.15, 0.2) is 18.2 Å². The minimum atomic E-state index is 0.658. The van der Waals surface area contributed by atoms with Gasteiger partial charge in [-0.2, -0.15) is 0 Å². The second-order valence-electron chi connectivity index (χ2n) is 3.72. The first-order valence-corrected chi connectivity index (χ1v) is 5.15. The lowest BCUT2D eigenvalue weighted by molar-refractivity contribution is 0.469. The summed E-state index contributed by atoms with van der Waals surface area (Å²) in [5.41, 5.74) is 8.40. The number of rotatable bonds is 1. The Balaban J connectivity index is 2.31. The molecule has 0 spiro atoms. The van der Waals surface area contributed by atoms with E-state index in [1.807, 2.05) is 12.1 Å². The van der Waals surface area contributed by atoms with Crippen molar-refractivity contribution < 1.29 is 0 Å². The summed E-state index contributed by atoms with van der Waals surface area (Å²) in [5.74, 6) is 0.658. The fraction of sp³-hybridized carbons (Fsp3) is 0.455. The van der Waals surface area contributed by atoms with Gasteiger partial charge in [0.2, 0.25) is 0 Å². The van der Waals surface area contributed by atoms with Crippen molar-refractivity contribution in [3.63, 3.8) is 0 Å². The number of halogens is 1. The molecule has 0 amide bonds. The van der Waals surface area contributed by atoms with E-state index in [1.54, 1.807) is 0 Å². The van der Waals surface area contributed by atoms with Crippen molar-refractivity contribution in [2.75, 3.05) is 6.54 Å². The monoisotopic (exact) mass is 195 g/mol. The third-order valence-electron chi connectivity index (χ3n) is 2.86. The quantitative estimate of drug-likeness (QED) is 0.732. The number of hydrogen-bond donors (Lipinski definition) is 1. The smallest absolute Gasteiger partial charge is 0.0440 e. The predicted octanol–water partition coefficient (Wildman–Crippen LogP) is 2.40. The maximum atomic E-state index is 6.10. The second-order valence-corrected chi connectivity index (χ2v) is 4.13. The van der Waals surface area contributed by atoms with Crippen LogP contribution in [0.4, 0.5) is 0 Å². The highest BCUT2D eigenvalue weighted by Gasteiger charge is 2.18. The van der Waals surface area contributed by atoms with Crippen LogP contribution in [0.2, 0.25) is 5.02 Å². The zero-order chi connectivity index (χ0) is 9.26. The number of hydrogen-bond acceptors (Lipinski definition) is 1. The van der Waals surface area contributed by atoms with Gasteiger partial charge in [-0.3, -0.25) is 0 Å². The summed E-state index contributed by atoms with van der Waals surface area (Å²) < 4.78 is 0. The Labute approximate surface area is 83.9 Å². The van der Waals surface area contributed by atoms with Crippen LogP contribution in [0, 0.1) is 5.92 Å². The topological polar surface area (TPSA) is 26.0 Å². The van der Waals surface area contributed by atoms with E-state index in [0.717, 1.165) is 24.4 Å². The van der Waals surface area contributed by atoms with Crippen molar-refractivity contribution in [3.05, 3.63) is 34.3 Å². The number of benzene rings is 1. The minimum Gasteiger partial charge on any atom is -0.330 e. The van der Waals surface area contributed by atoms with Crippen molar-refractivity contribution in [3.8, 4) is 0 Å². The van der Waals surface area contributed by atoms with E-state index < -0.39 is 0 Å². The molecule has 70 valence electrons. The average Bonchev–Trinajstić information content (AvgIpc) is 2.18. The standard InChI is InChI=1S/C11H14ClN/c12-11-3-1-2-9-6-8(7-13)4-5-10(9)11/h1-3,8H,4-7,13H2.